The van der Waals surface area contributed by atoms with Gasteiger partial charge in [-0.25, -0.2) is 8.42 Å². The van der Waals surface area contributed by atoms with Crippen LogP contribution in [0.25, 0.3) is 0 Å². The average molecular weight is 616 g/mol. The number of nitrogens with zero attached hydrogens (tertiary/aromatic N) is 2. The molecule has 1 N–H and O–H groups in total. The van der Waals surface area contributed by atoms with E-state index in [1.54, 1.807) is 54.6 Å². The van der Waals surface area contributed by atoms with Crippen molar-refractivity contribution in [3.05, 3.63) is 83.4 Å². The summed E-state index contributed by atoms with van der Waals surface area (Å²) in [7, 11) is -1.28. The lowest BCUT2D eigenvalue weighted by molar-refractivity contribution is -0.140. The van der Waals surface area contributed by atoms with Crippen molar-refractivity contribution in [1.82, 2.24) is 10.2 Å². The maximum atomic E-state index is 14.1. The van der Waals surface area contributed by atoms with Crippen LogP contribution in [-0.2, 0) is 26.2 Å². The first kappa shape index (κ1) is 32.8. The van der Waals surface area contributed by atoms with Gasteiger partial charge in [-0.15, -0.1) is 0 Å². The quantitative estimate of drug-likeness (QED) is 0.233. The number of methoxy groups -OCH3 is 2. The number of nitrogens with one attached hydrogen (secondary N) is 1. The van der Waals surface area contributed by atoms with Crippen LogP contribution in [0.3, 0.4) is 0 Å². The van der Waals surface area contributed by atoms with Crippen molar-refractivity contribution in [2.75, 3.05) is 31.6 Å². The molecule has 0 aliphatic rings. The van der Waals surface area contributed by atoms with E-state index < -0.39 is 28.5 Å². The predicted molar refractivity (Wildman–Crippen MR) is 165 cm³/mol. The Morgan fingerprint density at radius 2 is 1.60 bits per heavy atom. The van der Waals surface area contributed by atoms with Crippen LogP contribution >= 0.6 is 11.6 Å². The molecule has 0 fully saturated rings. The molecular weight excluding hydrogens is 578 g/mol. The van der Waals surface area contributed by atoms with Gasteiger partial charge in [0.2, 0.25) is 11.8 Å². The molecule has 42 heavy (non-hydrogen) atoms. The van der Waals surface area contributed by atoms with E-state index in [1.165, 1.54) is 37.3 Å². The molecule has 0 saturated heterocycles. The number of hydrogen-bond acceptors (Lipinski definition) is 6. The standard InChI is InChI=1S/C31H38ClN3O6S/c1-5-7-19-33-31(37)27(6-2)34(21-23-13-15-24(32)16-14-23)30(36)22-35(42(38,39)26-11-9-8-10-12-26)25-17-18-28(40-3)29(20-25)41-4/h8-18,20,27H,5-7,19,21-22H2,1-4H3,(H,33,37)/t27-/m1/s1. The molecule has 3 rings (SSSR count). The van der Waals surface area contributed by atoms with E-state index in [0.717, 1.165) is 22.7 Å². The number of amides is 2. The minimum absolute atomic E-state index is 0.0150. The Hall–Kier alpha value is -3.76. The number of anilines is 1. The fourth-order valence-electron chi connectivity index (χ4n) is 4.44. The van der Waals surface area contributed by atoms with Crippen LogP contribution < -0.4 is 19.1 Å². The van der Waals surface area contributed by atoms with E-state index in [1.807, 2.05) is 13.8 Å². The van der Waals surface area contributed by atoms with Crippen molar-refractivity contribution in [2.24, 2.45) is 0 Å². The van der Waals surface area contributed by atoms with Crippen molar-refractivity contribution >= 4 is 39.1 Å². The van der Waals surface area contributed by atoms with Crippen molar-refractivity contribution in [3.8, 4) is 11.5 Å². The average Bonchev–Trinajstić information content (AvgIpc) is 3.00. The molecule has 0 unspecified atom stereocenters. The number of rotatable bonds is 15. The molecule has 0 radical (unpaired) electrons. The van der Waals surface area contributed by atoms with E-state index in [0.29, 0.717) is 29.5 Å². The highest BCUT2D eigenvalue weighted by Gasteiger charge is 2.34. The third-order valence-corrected chi connectivity index (χ3v) is 8.79. The Bertz CT molecular complexity index is 1430. The Morgan fingerprint density at radius 3 is 2.19 bits per heavy atom. The van der Waals surface area contributed by atoms with E-state index in [2.05, 4.69) is 5.32 Å². The predicted octanol–water partition coefficient (Wildman–Crippen LogP) is 5.28. The number of hydrogen-bond donors (Lipinski definition) is 1. The number of carbonyl (C=O) groups is 2. The number of sulfonamides is 1. The van der Waals surface area contributed by atoms with Gasteiger partial charge < -0.3 is 19.7 Å². The molecule has 226 valence electrons. The maximum absolute atomic E-state index is 14.1. The number of unbranched alkanes of at least 4 members (excludes halogenated alkanes) is 1. The molecule has 11 heteroatoms. The Kier molecular flexibility index (Phi) is 12.1. The van der Waals surface area contributed by atoms with Gasteiger partial charge in [0.05, 0.1) is 24.8 Å². The van der Waals surface area contributed by atoms with Crippen LogP contribution in [0.4, 0.5) is 5.69 Å². The highest BCUT2D eigenvalue weighted by atomic mass is 35.5. The summed E-state index contributed by atoms with van der Waals surface area (Å²) in [6.45, 7) is 3.85. The van der Waals surface area contributed by atoms with Crippen molar-refractivity contribution < 1.29 is 27.5 Å². The SMILES string of the molecule is CCCCNC(=O)[C@@H](CC)N(Cc1ccc(Cl)cc1)C(=O)CN(c1ccc(OC)c(OC)c1)S(=O)(=O)c1ccccc1. The molecule has 0 spiro atoms. The van der Waals surface area contributed by atoms with Crippen molar-refractivity contribution in [3.63, 3.8) is 0 Å². The van der Waals surface area contributed by atoms with E-state index in [9.17, 15) is 18.0 Å². The third-order valence-electron chi connectivity index (χ3n) is 6.75. The molecule has 3 aromatic carbocycles. The lowest BCUT2D eigenvalue weighted by atomic mass is 10.1. The molecule has 2 amide bonds. The fraction of sp³-hybridized carbons (Fsp3) is 0.355. The summed E-state index contributed by atoms with van der Waals surface area (Å²) in [4.78, 5) is 28.9. The second-order valence-electron chi connectivity index (χ2n) is 9.58. The Morgan fingerprint density at radius 1 is 0.929 bits per heavy atom. The van der Waals surface area contributed by atoms with Gasteiger partial charge >= 0.3 is 0 Å². The first-order valence-corrected chi connectivity index (χ1v) is 15.6. The molecule has 9 nitrogen and oxygen atoms in total. The molecular formula is C31H38ClN3O6S. The molecule has 1 atom stereocenters. The second kappa shape index (κ2) is 15.5. The number of carbonyl (C=O) groups excluding carboxylic acids is 2. The minimum Gasteiger partial charge on any atom is -0.493 e. The molecule has 0 heterocycles. The van der Waals surface area contributed by atoms with E-state index in [4.69, 9.17) is 21.1 Å². The van der Waals surface area contributed by atoms with Gasteiger partial charge in [0.1, 0.15) is 12.6 Å². The van der Waals surface area contributed by atoms with Crippen molar-refractivity contribution in [2.45, 2.75) is 50.6 Å². The third kappa shape index (κ3) is 8.17. The number of benzene rings is 3. The van der Waals surface area contributed by atoms with Gasteiger partial charge in [-0.2, -0.15) is 0 Å². The maximum Gasteiger partial charge on any atom is 0.264 e. The monoisotopic (exact) mass is 615 g/mol. The molecule has 0 bridgehead atoms. The summed E-state index contributed by atoms with van der Waals surface area (Å²) in [5, 5.41) is 3.45. The number of ether oxygens (including phenoxy) is 2. The summed E-state index contributed by atoms with van der Waals surface area (Å²) in [5.74, 6) is -0.132. The summed E-state index contributed by atoms with van der Waals surface area (Å²) >= 11 is 6.08. The van der Waals surface area contributed by atoms with Gasteiger partial charge in [-0.3, -0.25) is 13.9 Å². The molecule has 0 aliphatic heterocycles. The van der Waals surface area contributed by atoms with Crippen LogP contribution in [0.1, 0.15) is 38.7 Å². The largest absolute Gasteiger partial charge is 0.493 e. The first-order chi connectivity index (χ1) is 20.2. The van der Waals surface area contributed by atoms with Gasteiger partial charge in [0.25, 0.3) is 10.0 Å². The normalized spacial score (nSPS) is 11.8. The topological polar surface area (TPSA) is 105 Å². The van der Waals surface area contributed by atoms with E-state index >= 15 is 0 Å². The molecule has 0 aliphatic carbocycles. The van der Waals surface area contributed by atoms with Gasteiger partial charge in [-0.1, -0.05) is 62.2 Å². The Balaban J connectivity index is 2.07. The van der Waals surface area contributed by atoms with Crippen LogP contribution in [0.5, 0.6) is 11.5 Å². The lowest BCUT2D eigenvalue weighted by Crippen LogP contribution is -2.52. The van der Waals surface area contributed by atoms with Gasteiger partial charge in [-0.05, 0) is 54.8 Å². The Labute approximate surface area is 253 Å². The van der Waals surface area contributed by atoms with Crippen molar-refractivity contribution in [1.29, 1.82) is 0 Å². The van der Waals surface area contributed by atoms with Gasteiger partial charge in [0, 0.05) is 24.2 Å². The zero-order valence-electron chi connectivity index (χ0n) is 24.4. The summed E-state index contributed by atoms with van der Waals surface area (Å²) < 4.78 is 39.7. The van der Waals surface area contributed by atoms with Crippen LogP contribution in [-0.4, -0.2) is 58.5 Å². The zero-order chi connectivity index (χ0) is 30.7. The number of halogens is 1. The summed E-state index contributed by atoms with van der Waals surface area (Å²) in [6, 6.07) is 18.6. The van der Waals surface area contributed by atoms with Gasteiger partial charge in [0.15, 0.2) is 11.5 Å². The molecule has 0 saturated carbocycles. The fourth-order valence-corrected chi connectivity index (χ4v) is 5.99. The van der Waals surface area contributed by atoms with E-state index in [-0.39, 0.29) is 23.0 Å². The van der Waals surface area contributed by atoms with Crippen LogP contribution in [0, 0.1) is 0 Å². The van der Waals surface area contributed by atoms with Crippen LogP contribution in [0.2, 0.25) is 5.02 Å². The smallest absolute Gasteiger partial charge is 0.264 e. The summed E-state index contributed by atoms with van der Waals surface area (Å²) in [6.07, 6.45) is 2.04. The second-order valence-corrected chi connectivity index (χ2v) is 11.9. The highest BCUT2D eigenvalue weighted by molar-refractivity contribution is 7.92. The molecule has 0 aromatic heterocycles. The summed E-state index contributed by atoms with van der Waals surface area (Å²) in [5.41, 5.74) is 0.952. The first-order valence-electron chi connectivity index (χ1n) is 13.8. The lowest BCUT2D eigenvalue weighted by Gasteiger charge is -2.33. The van der Waals surface area contributed by atoms with Crippen LogP contribution in [0.15, 0.2) is 77.7 Å². The molecule has 3 aromatic rings. The minimum atomic E-state index is -4.20. The highest BCUT2D eigenvalue weighted by Crippen LogP contribution is 2.34. The zero-order valence-corrected chi connectivity index (χ0v) is 26.0.